The predicted molar refractivity (Wildman–Crippen MR) is 128 cm³/mol. The summed E-state index contributed by atoms with van der Waals surface area (Å²) in [5.41, 5.74) is 0.950. The van der Waals surface area contributed by atoms with Crippen LogP contribution in [0, 0.1) is 0 Å². The highest BCUT2D eigenvalue weighted by Crippen LogP contribution is 2.18. The van der Waals surface area contributed by atoms with E-state index in [-0.39, 0.29) is 11.8 Å². The summed E-state index contributed by atoms with van der Waals surface area (Å²) in [4.78, 5) is 29.7. The molecule has 0 spiro atoms. The number of carbonyl (C=O) groups excluding carboxylic acids is 2. The first kappa shape index (κ1) is 23.7. The van der Waals surface area contributed by atoms with Crippen molar-refractivity contribution in [3.8, 4) is 5.75 Å². The molecule has 0 aliphatic rings. The number of aryl methyl sites for hydroxylation is 1. The third-order valence-electron chi connectivity index (χ3n) is 4.76. The van der Waals surface area contributed by atoms with Crippen LogP contribution >= 0.6 is 23.4 Å². The van der Waals surface area contributed by atoms with Crippen LogP contribution in [0.3, 0.4) is 0 Å². The van der Waals surface area contributed by atoms with Gasteiger partial charge < -0.3 is 19.9 Å². The number of ether oxygens (including phenoxy) is 1. The Bertz CT molecular complexity index is 1060. The van der Waals surface area contributed by atoms with Crippen molar-refractivity contribution in [2.24, 2.45) is 7.05 Å². The lowest BCUT2D eigenvalue weighted by atomic mass is 10.1. The zero-order chi connectivity index (χ0) is 22.9. The Morgan fingerprint density at radius 2 is 1.94 bits per heavy atom. The fraction of sp³-hybridized carbons (Fsp3) is 0.261. The Balaban J connectivity index is 1.60. The van der Waals surface area contributed by atoms with Gasteiger partial charge in [-0.05, 0) is 54.8 Å². The van der Waals surface area contributed by atoms with E-state index >= 15 is 0 Å². The Hall–Kier alpha value is -2.97. The van der Waals surface area contributed by atoms with Gasteiger partial charge in [0, 0.05) is 25.1 Å². The van der Waals surface area contributed by atoms with E-state index in [1.54, 1.807) is 66.5 Å². The van der Waals surface area contributed by atoms with Crippen LogP contribution in [0.15, 0.2) is 60.9 Å². The first-order chi connectivity index (χ1) is 15.5. The summed E-state index contributed by atoms with van der Waals surface area (Å²) < 4.78 is 7.63. The molecule has 0 aliphatic carbocycles. The van der Waals surface area contributed by atoms with Crippen molar-refractivity contribution in [2.45, 2.75) is 19.1 Å². The van der Waals surface area contributed by atoms with Crippen molar-refractivity contribution < 1.29 is 14.3 Å². The number of rotatable bonds is 10. The number of benzene rings is 2. The molecule has 2 amide bonds. The first-order valence-electron chi connectivity index (χ1n) is 10.0. The standard InChI is InChI=1S/C23H25ClN4O3S/c1-28-13-12-25-21(28)15-31-17-9-7-16(8-10-17)26-23(30)20(11-14-32-2)27-22(29)18-5-3-4-6-19(18)24/h3-10,12-13,20H,11,14-15H2,1-2H3,(H,26,30)(H,27,29). The summed E-state index contributed by atoms with van der Waals surface area (Å²) >= 11 is 7.72. The molecule has 3 rings (SSSR count). The van der Waals surface area contributed by atoms with E-state index in [0.717, 1.165) is 11.6 Å². The molecule has 168 valence electrons. The SMILES string of the molecule is CSCCC(NC(=O)c1ccccc1Cl)C(=O)Nc1ccc(OCc2nccn2C)cc1. The van der Waals surface area contributed by atoms with Crippen molar-refractivity contribution in [3.05, 3.63) is 77.3 Å². The molecule has 0 bridgehead atoms. The second kappa shape index (κ2) is 11.6. The highest BCUT2D eigenvalue weighted by Gasteiger charge is 2.22. The van der Waals surface area contributed by atoms with E-state index in [9.17, 15) is 9.59 Å². The Labute approximate surface area is 196 Å². The maximum atomic E-state index is 12.9. The summed E-state index contributed by atoms with van der Waals surface area (Å²) in [6, 6.07) is 13.1. The van der Waals surface area contributed by atoms with Crippen LogP contribution in [0.5, 0.6) is 5.75 Å². The molecule has 1 aromatic heterocycles. The molecule has 1 heterocycles. The second-order valence-electron chi connectivity index (χ2n) is 7.04. The molecule has 3 aromatic rings. The number of anilines is 1. The van der Waals surface area contributed by atoms with Crippen LogP contribution in [0.25, 0.3) is 0 Å². The molecule has 2 aromatic carbocycles. The van der Waals surface area contributed by atoms with Crippen molar-refractivity contribution in [1.29, 1.82) is 0 Å². The lowest BCUT2D eigenvalue weighted by Gasteiger charge is -2.19. The van der Waals surface area contributed by atoms with Crippen LogP contribution in [0.1, 0.15) is 22.6 Å². The lowest BCUT2D eigenvalue weighted by molar-refractivity contribution is -0.118. The van der Waals surface area contributed by atoms with Gasteiger partial charge in [-0.3, -0.25) is 9.59 Å². The summed E-state index contributed by atoms with van der Waals surface area (Å²) in [5, 5.41) is 6.00. The Kier molecular flexibility index (Phi) is 8.58. The van der Waals surface area contributed by atoms with Crippen molar-refractivity contribution in [2.75, 3.05) is 17.3 Å². The fourth-order valence-electron chi connectivity index (χ4n) is 2.93. The molecule has 2 N–H and O–H groups in total. The van der Waals surface area contributed by atoms with Gasteiger partial charge in [0.05, 0.1) is 10.6 Å². The van der Waals surface area contributed by atoms with Gasteiger partial charge in [-0.2, -0.15) is 11.8 Å². The minimum Gasteiger partial charge on any atom is -0.486 e. The van der Waals surface area contributed by atoms with Crippen LogP contribution in [0.2, 0.25) is 5.02 Å². The van der Waals surface area contributed by atoms with Gasteiger partial charge in [-0.25, -0.2) is 4.98 Å². The quantitative estimate of drug-likeness (QED) is 0.463. The van der Waals surface area contributed by atoms with Crippen molar-refractivity contribution in [1.82, 2.24) is 14.9 Å². The average molecular weight is 473 g/mol. The average Bonchev–Trinajstić information content (AvgIpc) is 3.20. The van der Waals surface area contributed by atoms with E-state index in [2.05, 4.69) is 15.6 Å². The van der Waals surface area contributed by atoms with Gasteiger partial charge in [-0.1, -0.05) is 23.7 Å². The van der Waals surface area contributed by atoms with Gasteiger partial charge in [0.1, 0.15) is 24.2 Å². The largest absolute Gasteiger partial charge is 0.486 e. The van der Waals surface area contributed by atoms with Crippen LogP contribution < -0.4 is 15.4 Å². The Morgan fingerprint density at radius 3 is 2.59 bits per heavy atom. The lowest BCUT2D eigenvalue weighted by Crippen LogP contribution is -2.44. The Morgan fingerprint density at radius 1 is 1.19 bits per heavy atom. The third-order valence-corrected chi connectivity index (χ3v) is 5.74. The maximum Gasteiger partial charge on any atom is 0.253 e. The topological polar surface area (TPSA) is 85.2 Å². The first-order valence-corrected chi connectivity index (χ1v) is 11.8. The van der Waals surface area contributed by atoms with E-state index in [1.165, 1.54) is 0 Å². The van der Waals surface area contributed by atoms with Crippen molar-refractivity contribution in [3.63, 3.8) is 0 Å². The van der Waals surface area contributed by atoms with E-state index in [4.69, 9.17) is 16.3 Å². The molecular formula is C23H25ClN4O3S. The number of hydrogen-bond donors (Lipinski definition) is 2. The molecule has 0 saturated heterocycles. The van der Waals surface area contributed by atoms with Gasteiger partial charge in [0.2, 0.25) is 5.91 Å². The van der Waals surface area contributed by atoms with Gasteiger partial charge in [0.15, 0.2) is 0 Å². The molecule has 9 heteroatoms. The number of nitrogens with zero attached hydrogens (tertiary/aromatic N) is 2. The fourth-order valence-corrected chi connectivity index (χ4v) is 3.63. The number of halogens is 1. The molecule has 0 aliphatic heterocycles. The number of amides is 2. The minimum atomic E-state index is -0.689. The number of imidazole rings is 1. The number of thioether (sulfide) groups is 1. The van der Waals surface area contributed by atoms with Crippen LogP contribution in [0.4, 0.5) is 5.69 Å². The number of hydrogen-bond acceptors (Lipinski definition) is 5. The summed E-state index contributed by atoms with van der Waals surface area (Å²) in [6.07, 6.45) is 6.02. The van der Waals surface area contributed by atoms with E-state index < -0.39 is 6.04 Å². The zero-order valence-corrected chi connectivity index (χ0v) is 19.4. The molecule has 0 fully saturated rings. The molecule has 0 saturated carbocycles. The van der Waals surface area contributed by atoms with E-state index in [1.807, 2.05) is 24.1 Å². The molecular weight excluding hydrogens is 448 g/mol. The van der Waals surface area contributed by atoms with Crippen LogP contribution in [-0.2, 0) is 18.4 Å². The second-order valence-corrected chi connectivity index (χ2v) is 8.44. The number of aromatic nitrogens is 2. The normalized spacial score (nSPS) is 11.6. The zero-order valence-electron chi connectivity index (χ0n) is 17.9. The predicted octanol–water partition coefficient (Wildman–Crippen LogP) is 4.14. The number of carbonyl (C=O) groups is 2. The highest BCUT2D eigenvalue weighted by atomic mass is 35.5. The monoisotopic (exact) mass is 472 g/mol. The van der Waals surface area contributed by atoms with Gasteiger partial charge in [0.25, 0.3) is 5.91 Å². The third kappa shape index (κ3) is 6.51. The summed E-state index contributed by atoms with van der Waals surface area (Å²) in [7, 11) is 1.91. The minimum absolute atomic E-state index is 0.291. The summed E-state index contributed by atoms with van der Waals surface area (Å²) in [5.74, 6) is 1.53. The molecule has 1 unspecified atom stereocenters. The highest BCUT2D eigenvalue weighted by molar-refractivity contribution is 7.98. The molecule has 7 nitrogen and oxygen atoms in total. The van der Waals surface area contributed by atoms with Gasteiger partial charge >= 0.3 is 0 Å². The van der Waals surface area contributed by atoms with E-state index in [0.29, 0.717) is 35.1 Å². The molecule has 32 heavy (non-hydrogen) atoms. The number of nitrogens with one attached hydrogen (secondary N) is 2. The summed E-state index contributed by atoms with van der Waals surface area (Å²) in [6.45, 7) is 0.347. The maximum absolute atomic E-state index is 12.9. The smallest absolute Gasteiger partial charge is 0.253 e. The van der Waals surface area contributed by atoms with Crippen LogP contribution in [-0.4, -0.2) is 39.4 Å². The van der Waals surface area contributed by atoms with Crippen molar-refractivity contribution >= 4 is 40.9 Å². The van der Waals surface area contributed by atoms with Gasteiger partial charge in [-0.15, -0.1) is 0 Å². The molecule has 1 atom stereocenters. The molecule has 0 radical (unpaired) electrons.